The second-order valence-electron chi connectivity index (χ2n) is 6.11. The molecule has 0 saturated carbocycles. The summed E-state index contributed by atoms with van der Waals surface area (Å²) in [6.45, 7) is 2.04. The highest BCUT2D eigenvalue weighted by Gasteiger charge is 2.14. The van der Waals surface area contributed by atoms with Gasteiger partial charge in [0, 0.05) is 17.1 Å². The van der Waals surface area contributed by atoms with Gasteiger partial charge in [-0.3, -0.25) is 4.79 Å². The van der Waals surface area contributed by atoms with Gasteiger partial charge in [-0.15, -0.1) is 0 Å². The second-order valence-corrected chi connectivity index (χ2v) is 6.11. The van der Waals surface area contributed by atoms with Gasteiger partial charge in [0.2, 0.25) is 0 Å². The Hall–Kier alpha value is -3.53. The fourth-order valence-corrected chi connectivity index (χ4v) is 2.94. The van der Waals surface area contributed by atoms with Gasteiger partial charge in [-0.1, -0.05) is 48.0 Å². The Morgan fingerprint density at radius 2 is 1.77 bits per heavy atom. The van der Waals surface area contributed by atoms with E-state index in [0.717, 1.165) is 27.7 Å². The molecule has 0 spiro atoms. The first-order valence-electron chi connectivity index (χ1n) is 8.40. The van der Waals surface area contributed by atoms with Crippen LogP contribution in [-0.2, 0) is 0 Å². The van der Waals surface area contributed by atoms with Crippen LogP contribution in [0.5, 0.6) is 0 Å². The zero-order chi connectivity index (χ0) is 17.9. The standard InChI is InChI=1S/C22H17N3O/c1-15-7-6-8-16(13-15)20-14-18(17-9-2-3-10-19(17)24-20)22(26)25-21-11-4-5-12-23-21/h2-14H,1H3,(H,23,25,26). The zero-order valence-corrected chi connectivity index (χ0v) is 14.3. The number of fused-ring (bicyclic) bond motifs is 1. The van der Waals surface area contributed by atoms with Crippen molar-refractivity contribution in [1.82, 2.24) is 9.97 Å². The van der Waals surface area contributed by atoms with Gasteiger partial charge < -0.3 is 5.32 Å². The minimum atomic E-state index is -0.198. The maximum absolute atomic E-state index is 12.9. The minimum absolute atomic E-state index is 0.198. The summed E-state index contributed by atoms with van der Waals surface area (Å²) >= 11 is 0. The number of anilines is 1. The van der Waals surface area contributed by atoms with E-state index in [2.05, 4.69) is 16.4 Å². The number of hydrogen-bond donors (Lipinski definition) is 1. The van der Waals surface area contributed by atoms with E-state index in [-0.39, 0.29) is 5.91 Å². The number of para-hydroxylation sites is 1. The highest BCUT2D eigenvalue weighted by Crippen LogP contribution is 2.26. The number of amides is 1. The Kier molecular flexibility index (Phi) is 4.15. The third-order valence-corrected chi connectivity index (χ3v) is 4.18. The van der Waals surface area contributed by atoms with E-state index in [4.69, 9.17) is 4.98 Å². The predicted octanol–water partition coefficient (Wildman–Crippen LogP) is 4.86. The van der Waals surface area contributed by atoms with Crippen LogP contribution >= 0.6 is 0 Å². The van der Waals surface area contributed by atoms with Crippen molar-refractivity contribution in [2.75, 3.05) is 5.32 Å². The van der Waals surface area contributed by atoms with Gasteiger partial charge in [0.1, 0.15) is 5.82 Å². The molecule has 4 nitrogen and oxygen atoms in total. The predicted molar refractivity (Wildman–Crippen MR) is 104 cm³/mol. The number of aryl methyl sites for hydroxylation is 1. The molecule has 1 N–H and O–H groups in total. The van der Waals surface area contributed by atoms with Crippen LogP contribution in [0.25, 0.3) is 22.2 Å². The van der Waals surface area contributed by atoms with Crippen LogP contribution in [0.4, 0.5) is 5.82 Å². The van der Waals surface area contributed by atoms with Crippen molar-refractivity contribution < 1.29 is 4.79 Å². The molecule has 4 heteroatoms. The number of benzene rings is 2. The molecule has 4 rings (SSSR count). The Balaban J connectivity index is 1.83. The van der Waals surface area contributed by atoms with Crippen molar-refractivity contribution in [3.05, 3.63) is 90.1 Å². The molecular weight excluding hydrogens is 322 g/mol. The van der Waals surface area contributed by atoms with E-state index < -0.39 is 0 Å². The quantitative estimate of drug-likeness (QED) is 0.580. The highest BCUT2D eigenvalue weighted by molar-refractivity contribution is 6.12. The number of pyridine rings is 2. The number of nitrogens with zero attached hydrogens (tertiary/aromatic N) is 2. The maximum atomic E-state index is 12.9. The molecule has 0 bridgehead atoms. The fourth-order valence-electron chi connectivity index (χ4n) is 2.94. The van der Waals surface area contributed by atoms with Crippen LogP contribution < -0.4 is 5.32 Å². The van der Waals surface area contributed by atoms with Gasteiger partial charge >= 0.3 is 0 Å². The molecule has 126 valence electrons. The van der Waals surface area contributed by atoms with Gasteiger partial charge in [-0.2, -0.15) is 0 Å². The average Bonchev–Trinajstić information content (AvgIpc) is 2.68. The molecule has 0 aliphatic carbocycles. The molecule has 0 saturated heterocycles. The highest BCUT2D eigenvalue weighted by atomic mass is 16.1. The van der Waals surface area contributed by atoms with Crippen molar-refractivity contribution in [2.45, 2.75) is 6.92 Å². The van der Waals surface area contributed by atoms with Crippen molar-refractivity contribution in [3.8, 4) is 11.3 Å². The average molecular weight is 339 g/mol. The number of aromatic nitrogens is 2. The van der Waals surface area contributed by atoms with E-state index >= 15 is 0 Å². The van der Waals surface area contributed by atoms with Crippen LogP contribution in [0.3, 0.4) is 0 Å². The molecule has 0 fully saturated rings. The van der Waals surface area contributed by atoms with Gasteiger partial charge in [-0.25, -0.2) is 9.97 Å². The first kappa shape index (κ1) is 16.0. The lowest BCUT2D eigenvalue weighted by Gasteiger charge is -2.10. The van der Waals surface area contributed by atoms with Gasteiger partial charge in [-0.05, 0) is 37.3 Å². The molecule has 2 aromatic carbocycles. The third-order valence-electron chi connectivity index (χ3n) is 4.18. The largest absolute Gasteiger partial charge is 0.307 e. The Bertz CT molecular complexity index is 1090. The topological polar surface area (TPSA) is 54.9 Å². The lowest BCUT2D eigenvalue weighted by Crippen LogP contribution is -2.14. The molecule has 0 unspecified atom stereocenters. The summed E-state index contributed by atoms with van der Waals surface area (Å²) in [5, 5.41) is 3.68. The van der Waals surface area contributed by atoms with Crippen LogP contribution in [0.15, 0.2) is 79.0 Å². The number of carbonyl (C=O) groups is 1. The molecule has 4 aromatic rings. The fraction of sp³-hybridized carbons (Fsp3) is 0.0455. The normalized spacial score (nSPS) is 10.7. The molecule has 2 heterocycles. The van der Waals surface area contributed by atoms with Crippen molar-refractivity contribution in [3.63, 3.8) is 0 Å². The number of rotatable bonds is 3. The third kappa shape index (κ3) is 3.17. The van der Waals surface area contributed by atoms with Crippen LogP contribution in [0, 0.1) is 6.92 Å². The molecule has 0 aliphatic rings. The van der Waals surface area contributed by atoms with E-state index in [1.807, 2.05) is 67.6 Å². The Morgan fingerprint density at radius 1 is 0.923 bits per heavy atom. The number of carbonyl (C=O) groups excluding carboxylic acids is 1. The second kappa shape index (κ2) is 6.76. The monoisotopic (exact) mass is 339 g/mol. The van der Waals surface area contributed by atoms with Crippen LogP contribution in [-0.4, -0.2) is 15.9 Å². The lowest BCUT2D eigenvalue weighted by molar-refractivity contribution is 0.102. The summed E-state index contributed by atoms with van der Waals surface area (Å²) in [6, 6.07) is 23.0. The molecule has 26 heavy (non-hydrogen) atoms. The SMILES string of the molecule is Cc1cccc(-c2cc(C(=O)Nc3ccccn3)c3ccccc3n2)c1. The first-order chi connectivity index (χ1) is 12.7. The molecule has 0 radical (unpaired) electrons. The number of hydrogen-bond acceptors (Lipinski definition) is 3. The molecule has 0 atom stereocenters. The lowest BCUT2D eigenvalue weighted by atomic mass is 10.0. The summed E-state index contributed by atoms with van der Waals surface area (Å²) < 4.78 is 0. The van der Waals surface area contributed by atoms with E-state index in [1.165, 1.54) is 0 Å². The number of nitrogens with one attached hydrogen (secondary N) is 1. The van der Waals surface area contributed by atoms with Crippen molar-refractivity contribution in [1.29, 1.82) is 0 Å². The molecule has 2 aromatic heterocycles. The van der Waals surface area contributed by atoms with E-state index in [1.54, 1.807) is 12.3 Å². The molecule has 1 amide bonds. The zero-order valence-electron chi connectivity index (χ0n) is 14.3. The van der Waals surface area contributed by atoms with Gasteiger partial charge in [0.25, 0.3) is 5.91 Å². The summed E-state index contributed by atoms with van der Waals surface area (Å²) in [5.74, 6) is 0.326. The first-order valence-corrected chi connectivity index (χ1v) is 8.40. The van der Waals surface area contributed by atoms with Gasteiger partial charge in [0.05, 0.1) is 16.8 Å². The smallest absolute Gasteiger partial charge is 0.257 e. The summed E-state index contributed by atoms with van der Waals surface area (Å²) in [5.41, 5.74) is 4.29. The van der Waals surface area contributed by atoms with Crippen LogP contribution in [0.1, 0.15) is 15.9 Å². The van der Waals surface area contributed by atoms with Gasteiger partial charge in [0.15, 0.2) is 0 Å². The van der Waals surface area contributed by atoms with Crippen LogP contribution in [0.2, 0.25) is 0 Å². The Labute approximate surface area is 151 Å². The summed E-state index contributed by atoms with van der Waals surface area (Å²) in [7, 11) is 0. The molecule has 0 aliphatic heterocycles. The Morgan fingerprint density at radius 3 is 2.58 bits per heavy atom. The minimum Gasteiger partial charge on any atom is -0.307 e. The van der Waals surface area contributed by atoms with E-state index in [0.29, 0.717) is 11.4 Å². The molecular formula is C22H17N3O. The maximum Gasteiger partial charge on any atom is 0.257 e. The summed E-state index contributed by atoms with van der Waals surface area (Å²) in [4.78, 5) is 21.8. The van der Waals surface area contributed by atoms with E-state index in [9.17, 15) is 4.79 Å². The van der Waals surface area contributed by atoms with Crippen molar-refractivity contribution >= 4 is 22.6 Å². The van der Waals surface area contributed by atoms with Crippen molar-refractivity contribution in [2.24, 2.45) is 0 Å². The summed E-state index contributed by atoms with van der Waals surface area (Å²) in [6.07, 6.45) is 1.65.